The molecule has 6 N–H and O–H groups in total. The molecule has 6 rings (SSSR count). The molecule has 2 aromatic carbocycles. The lowest BCUT2D eigenvalue weighted by atomic mass is 10.1. The van der Waals surface area contributed by atoms with E-state index >= 15 is 0 Å². The lowest BCUT2D eigenvalue weighted by molar-refractivity contribution is -0.137. The number of likely N-dealkylation sites (tertiary alicyclic amines) is 1. The zero-order valence-corrected chi connectivity index (χ0v) is 30.4. The van der Waals surface area contributed by atoms with E-state index < -0.39 is 46.1 Å². The monoisotopic (exact) mass is 749 g/mol. The summed E-state index contributed by atoms with van der Waals surface area (Å²) in [5.41, 5.74) is 2.49. The first-order valence-corrected chi connectivity index (χ1v) is 18.9. The summed E-state index contributed by atoms with van der Waals surface area (Å²) in [4.78, 5) is 54.0. The maximum absolute atomic E-state index is 13.9. The van der Waals surface area contributed by atoms with Gasteiger partial charge < -0.3 is 45.2 Å². The fraction of sp³-hybridized carbons (Fsp3) is 0.417. The molecule has 0 saturated carbocycles. The molecule has 0 aliphatic carbocycles. The first kappa shape index (κ1) is 37.5. The number of sulfone groups is 1. The molecule has 3 amide bonds. The van der Waals surface area contributed by atoms with E-state index in [2.05, 4.69) is 35.3 Å². The molecule has 4 heterocycles. The van der Waals surface area contributed by atoms with Crippen LogP contribution in [0.3, 0.4) is 0 Å². The number of H-pyrrole nitrogens is 2. The Balaban J connectivity index is 1.13. The van der Waals surface area contributed by atoms with Crippen LogP contribution in [-0.4, -0.2) is 99.8 Å². The van der Waals surface area contributed by atoms with Crippen LogP contribution in [0.15, 0.2) is 58.6 Å². The first-order chi connectivity index (χ1) is 25.3. The highest BCUT2D eigenvalue weighted by Gasteiger charge is 2.38. The highest BCUT2D eigenvalue weighted by atomic mass is 32.2. The van der Waals surface area contributed by atoms with E-state index in [0.29, 0.717) is 60.7 Å². The number of rotatable bonds is 13. The number of amides is 3. The zero-order chi connectivity index (χ0) is 37.9. The summed E-state index contributed by atoms with van der Waals surface area (Å²) in [5.74, 6) is 0.964. The number of benzene rings is 2. The van der Waals surface area contributed by atoms with Crippen LogP contribution in [-0.2, 0) is 30.6 Å². The average molecular weight is 750 g/mol. The van der Waals surface area contributed by atoms with Crippen LogP contribution in [0.4, 0.5) is 4.79 Å². The van der Waals surface area contributed by atoms with Crippen molar-refractivity contribution in [2.24, 2.45) is 0 Å². The van der Waals surface area contributed by atoms with Crippen molar-refractivity contribution in [3.63, 3.8) is 0 Å². The number of aromatic nitrogens is 4. The second-order valence-electron chi connectivity index (χ2n) is 13.3. The van der Waals surface area contributed by atoms with E-state index in [9.17, 15) is 33.0 Å². The normalized spacial score (nSPS) is 17.5. The number of carbonyl (C=O) groups excluding carboxylic acids is 3. The Morgan fingerprint density at radius 2 is 1.74 bits per heavy atom. The van der Waals surface area contributed by atoms with Gasteiger partial charge >= 0.3 is 6.09 Å². The Morgan fingerprint density at radius 1 is 1.00 bits per heavy atom. The number of nitrogens with one attached hydrogen (secondary N) is 4. The van der Waals surface area contributed by atoms with Crippen LogP contribution in [0.1, 0.15) is 63.6 Å². The summed E-state index contributed by atoms with van der Waals surface area (Å²) < 4.78 is 38.5. The van der Waals surface area contributed by atoms with Crippen molar-refractivity contribution in [2.75, 3.05) is 20.2 Å². The van der Waals surface area contributed by atoms with Crippen molar-refractivity contribution in [1.82, 2.24) is 35.5 Å². The first-order valence-electron chi connectivity index (χ1n) is 17.4. The largest absolute Gasteiger partial charge is 0.455 e. The number of unbranched alkanes of at least 4 members (excludes halogenated alkanes) is 1. The molecule has 16 nitrogen and oxygen atoms in total. The van der Waals surface area contributed by atoms with E-state index in [1.165, 1.54) is 26.2 Å². The van der Waals surface area contributed by atoms with Crippen molar-refractivity contribution in [2.45, 2.75) is 86.5 Å². The maximum atomic E-state index is 13.9. The van der Waals surface area contributed by atoms with Crippen molar-refractivity contribution in [3.8, 4) is 34.0 Å². The van der Waals surface area contributed by atoms with E-state index in [4.69, 9.17) is 4.74 Å². The van der Waals surface area contributed by atoms with E-state index in [1.807, 2.05) is 0 Å². The lowest BCUT2D eigenvalue weighted by Crippen LogP contribution is -2.53. The van der Waals surface area contributed by atoms with Gasteiger partial charge in [0.25, 0.3) is 0 Å². The van der Waals surface area contributed by atoms with Crippen LogP contribution in [0.2, 0.25) is 0 Å². The lowest BCUT2D eigenvalue weighted by Gasteiger charge is -2.29. The molecular formula is C36H43N7O9S. The van der Waals surface area contributed by atoms with E-state index in [0.717, 1.165) is 18.7 Å². The SMILES string of the molecule is COC(=O)NC(C(=O)N1CCCC1c1ncc(-c2ccc3c(c2)S(=O)(=O)c2ccc(-c4cnc(CCCCNC(=O)CC(C)O)[nH]4)cc2O3)[nH]1)C(C)O. The average Bonchev–Trinajstić information content (AvgIpc) is 3.91. The zero-order valence-electron chi connectivity index (χ0n) is 29.6. The number of ether oxygens (including phenoxy) is 2. The predicted molar refractivity (Wildman–Crippen MR) is 191 cm³/mol. The number of hydrogen-bond acceptors (Lipinski definition) is 11. The Morgan fingerprint density at radius 3 is 2.49 bits per heavy atom. The van der Waals surface area contributed by atoms with Crippen LogP contribution in [0, 0.1) is 0 Å². The van der Waals surface area contributed by atoms with Crippen LogP contribution < -0.4 is 15.4 Å². The molecule has 282 valence electrons. The number of aromatic amines is 2. The fourth-order valence-electron chi connectivity index (χ4n) is 6.53. The van der Waals surface area contributed by atoms with Crippen molar-refractivity contribution in [1.29, 1.82) is 0 Å². The van der Waals surface area contributed by atoms with Gasteiger partial charge in [0.05, 0.1) is 55.6 Å². The number of nitrogens with zero attached hydrogens (tertiary/aromatic N) is 3. The van der Waals surface area contributed by atoms with Gasteiger partial charge in [-0.25, -0.2) is 23.2 Å². The van der Waals surface area contributed by atoms with E-state index in [1.54, 1.807) is 48.5 Å². The Bertz CT molecular complexity index is 2090. The molecule has 2 aromatic heterocycles. The minimum Gasteiger partial charge on any atom is -0.455 e. The van der Waals surface area contributed by atoms with Crippen molar-refractivity contribution >= 4 is 27.7 Å². The smallest absolute Gasteiger partial charge is 0.407 e. The number of aryl methyl sites for hydroxylation is 1. The summed E-state index contributed by atoms with van der Waals surface area (Å²) in [6.45, 7) is 3.89. The van der Waals surface area contributed by atoms with Gasteiger partial charge in [0.1, 0.15) is 39.0 Å². The van der Waals surface area contributed by atoms with Crippen LogP contribution in [0.25, 0.3) is 22.5 Å². The third-order valence-electron chi connectivity index (χ3n) is 9.23. The predicted octanol–water partition coefficient (Wildman–Crippen LogP) is 3.38. The summed E-state index contributed by atoms with van der Waals surface area (Å²) in [6.07, 6.45) is 4.13. The standard InChI is InChI=1S/C36H43N7O9S/c1-20(44)15-32(46)37-13-5-4-8-31-38-18-24(40-31)22-10-12-29-28(16-22)52-27-11-9-23(17-30(27)53(29,49)50)25-19-39-34(41-25)26-7-6-14-43(26)35(47)33(21(2)45)42-36(48)51-3/h9-12,16-21,26,33,44-45H,4-8,13-15H2,1-3H3,(H,37,46)(H,38,40)(H,39,41)(H,42,48). The molecule has 4 unspecified atom stereocenters. The summed E-state index contributed by atoms with van der Waals surface area (Å²) >= 11 is 0. The number of fused-ring (bicyclic) bond motifs is 2. The minimum atomic E-state index is -3.97. The minimum absolute atomic E-state index is 0.00335. The fourth-order valence-corrected chi connectivity index (χ4v) is 8.03. The number of aliphatic hydroxyl groups excluding tert-OH is 2. The number of alkyl carbamates (subject to hydrolysis) is 1. The van der Waals surface area contributed by atoms with Crippen LogP contribution in [0.5, 0.6) is 11.5 Å². The second-order valence-corrected chi connectivity index (χ2v) is 15.1. The van der Waals surface area contributed by atoms with Crippen molar-refractivity contribution in [3.05, 3.63) is 60.4 Å². The molecule has 1 saturated heterocycles. The third kappa shape index (κ3) is 8.21. The Kier molecular flexibility index (Phi) is 11.2. The van der Waals surface area contributed by atoms with Gasteiger partial charge in [-0.3, -0.25) is 9.59 Å². The molecule has 53 heavy (non-hydrogen) atoms. The topological polar surface area (TPSA) is 229 Å². The van der Waals surface area contributed by atoms with E-state index in [-0.39, 0.29) is 33.6 Å². The summed E-state index contributed by atoms with van der Waals surface area (Å²) in [6, 6.07) is 8.07. The molecule has 0 bridgehead atoms. The van der Waals surface area contributed by atoms with Crippen molar-refractivity contribution < 1.29 is 42.5 Å². The molecule has 1 fully saturated rings. The second kappa shape index (κ2) is 15.8. The third-order valence-corrected chi connectivity index (χ3v) is 11.0. The summed E-state index contributed by atoms with van der Waals surface area (Å²) in [5, 5.41) is 24.7. The number of imidazole rings is 2. The number of methoxy groups -OCH3 is 1. The maximum Gasteiger partial charge on any atom is 0.407 e. The van der Waals surface area contributed by atoms with Gasteiger partial charge in [-0.05, 0) is 69.9 Å². The Hall–Kier alpha value is -5.26. The molecule has 17 heteroatoms. The quantitative estimate of drug-likeness (QED) is 0.0956. The molecule has 0 spiro atoms. The Labute approximate surface area is 306 Å². The number of hydrogen-bond donors (Lipinski definition) is 6. The van der Waals surface area contributed by atoms with Gasteiger partial charge in [-0.15, -0.1) is 0 Å². The van der Waals surface area contributed by atoms with Gasteiger partial charge in [0, 0.05) is 30.6 Å². The van der Waals surface area contributed by atoms with Gasteiger partial charge in [-0.1, -0.05) is 6.07 Å². The van der Waals surface area contributed by atoms with Gasteiger partial charge in [0.2, 0.25) is 21.7 Å². The number of carbonyl (C=O) groups is 3. The van der Waals surface area contributed by atoms with Gasteiger partial charge in [-0.2, -0.15) is 0 Å². The molecule has 2 aliphatic heterocycles. The highest BCUT2D eigenvalue weighted by molar-refractivity contribution is 7.91. The molecule has 2 aliphatic rings. The molecule has 4 atom stereocenters. The van der Waals surface area contributed by atoms with Crippen LogP contribution >= 0.6 is 0 Å². The number of aliphatic hydroxyl groups is 2. The molecule has 4 aromatic rings. The molecule has 0 radical (unpaired) electrons. The summed E-state index contributed by atoms with van der Waals surface area (Å²) in [7, 11) is -2.79. The molecular weight excluding hydrogens is 707 g/mol. The van der Waals surface area contributed by atoms with Gasteiger partial charge in [0.15, 0.2) is 0 Å². The highest BCUT2D eigenvalue weighted by Crippen LogP contribution is 2.45.